The van der Waals surface area contributed by atoms with Crippen molar-refractivity contribution in [2.75, 3.05) is 45.5 Å². The third-order valence-corrected chi connectivity index (χ3v) is 6.68. The van der Waals surface area contributed by atoms with Crippen molar-refractivity contribution in [1.29, 1.82) is 0 Å². The summed E-state index contributed by atoms with van der Waals surface area (Å²) in [6, 6.07) is 8.27. The lowest BCUT2D eigenvalue weighted by Gasteiger charge is -2.41. The van der Waals surface area contributed by atoms with Crippen molar-refractivity contribution in [1.82, 2.24) is 14.5 Å². The summed E-state index contributed by atoms with van der Waals surface area (Å²) in [6.45, 7) is 5.02. The number of nitrogens with one attached hydrogen (secondary N) is 1. The van der Waals surface area contributed by atoms with Gasteiger partial charge in [0.1, 0.15) is 0 Å². The molecule has 8 heteroatoms. The van der Waals surface area contributed by atoms with Crippen molar-refractivity contribution in [3.8, 4) is 0 Å². The lowest BCUT2D eigenvalue weighted by molar-refractivity contribution is 0.115. The van der Waals surface area contributed by atoms with Gasteiger partial charge in [0.2, 0.25) is 10.0 Å². The largest absolute Gasteiger partial charge is 0.314 e. The van der Waals surface area contributed by atoms with E-state index in [0.717, 1.165) is 49.6 Å². The van der Waals surface area contributed by atoms with Gasteiger partial charge in [0.15, 0.2) is 0 Å². The molecule has 2 heterocycles. The molecule has 2 saturated heterocycles. The molecule has 142 valence electrons. The standard InChI is InChI=1S/C17H26ClN3O2S.ClH/c1-24(22,23)21-9-4-5-14(13-21)12-20-10-8-19-11-17(20)15-6-2-3-7-16(15)18;/h2-3,6-7,14,17,19H,4-5,8-13H2,1H3;1H. The summed E-state index contributed by atoms with van der Waals surface area (Å²) in [4.78, 5) is 2.47. The van der Waals surface area contributed by atoms with E-state index in [1.54, 1.807) is 4.31 Å². The quantitative estimate of drug-likeness (QED) is 0.831. The summed E-state index contributed by atoms with van der Waals surface area (Å²) in [5.41, 5.74) is 1.15. The van der Waals surface area contributed by atoms with Crippen LogP contribution in [-0.2, 0) is 10.0 Å². The molecule has 0 spiro atoms. The Morgan fingerprint density at radius 2 is 2.04 bits per heavy atom. The maximum Gasteiger partial charge on any atom is 0.211 e. The molecule has 0 amide bonds. The second-order valence-electron chi connectivity index (χ2n) is 6.87. The fraction of sp³-hybridized carbons (Fsp3) is 0.647. The average molecular weight is 408 g/mol. The Morgan fingerprint density at radius 1 is 1.28 bits per heavy atom. The maximum atomic E-state index is 11.8. The Labute approximate surface area is 162 Å². The first-order valence-electron chi connectivity index (χ1n) is 8.59. The van der Waals surface area contributed by atoms with Gasteiger partial charge in [-0.2, -0.15) is 0 Å². The number of rotatable bonds is 4. The van der Waals surface area contributed by atoms with E-state index in [0.29, 0.717) is 19.0 Å². The van der Waals surface area contributed by atoms with Gasteiger partial charge in [-0.25, -0.2) is 12.7 Å². The van der Waals surface area contributed by atoms with Crippen molar-refractivity contribution in [3.05, 3.63) is 34.9 Å². The highest BCUT2D eigenvalue weighted by molar-refractivity contribution is 7.88. The highest BCUT2D eigenvalue weighted by Gasteiger charge is 2.31. The summed E-state index contributed by atoms with van der Waals surface area (Å²) in [6.07, 6.45) is 3.35. The third-order valence-electron chi connectivity index (χ3n) is 5.06. The zero-order valence-corrected chi connectivity index (χ0v) is 16.9. The van der Waals surface area contributed by atoms with Crippen LogP contribution in [0.1, 0.15) is 24.4 Å². The van der Waals surface area contributed by atoms with Crippen molar-refractivity contribution in [2.45, 2.75) is 18.9 Å². The number of piperidine rings is 1. The number of hydrogen-bond acceptors (Lipinski definition) is 4. The van der Waals surface area contributed by atoms with Crippen LogP contribution in [0.25, 0.3) is 0 Å². The van der Waals surface area contributed by atoms with Gasteiger partial charge in [0.05, 0.1) is 6.26 Å². The van der Waals surface area contributed by atoms with Gasteiger partial charge in [-0.15, -0.1) is 12.4 Å². The molecular formula is C17H27Cl2N3O2S. The Hall–Kier alpha value is -0.370. The van der Waals surface area contributed by atoms with E-state index in [-0.39, 0.29) is 18.4 Å². The molecule has 2 atom stereocenters. The molecule has 2 aliphatic heterocycles. The van der Waals surface area contributed by atoms with E-state index in [2.05, 4.69) is 16.3 Å². The summed E-state index contributed by atoms with van der Waals surface area (Å²) in [5, 5.41) is 4.26. The van der Waals surface area contributed by atoms with Crippen molar-refractivity contribution in [2.24, 2.45) is 5.92 Å². The predicted octanol–water partition coefficient (Wildman–Crippen LogP) is 2.38. The van der Waals surface area contributed by atoms with Crippen LogP contribution in [0.5, 0.6) is 0 Å². The molecule has 2 unspecified atom stereocenters. The molecule has 0 radical (unpaired) electrons. The number of sulfonamides is 1. The summed E-state index contributed by atoms with van der Waals surface area (Å²) < 4.78 is 25.3. The minimum absolute atomic E-state index is 0. The number of piperazine rings is 1. The van der Waals surface area contributed by atoms with Crippen molar-refractivity contribution >= 4 is 34.0 Å². The van der Waals surface area contributed by atoms with Gasteiger partial charge < -0.3 is 5.32 Å². The van der Waals surface area contributed by atoms with Crippen LogP contribution in [0.3, 0.4) is 0 Å². The van der Waals surface area contributed by atoms with Gasteiger partial charge in [0.25, 0.3) is 0 Å². The molecule has 0 saturated carbocycles. The minimum atomic E-state index is -3.09. The van der Waals surface area contributed by atoms with Crippen LogP contribution < -0.4 is 5.32 Å². The first-order valence-corrected chi connectivity index (χ1v) is 10.8. The molecule has 0 bridgehead atoms. The molecule has 1 aromatic rings. The van der Waals surface area contributed by atoms with Gasteiger partial charge >= 0.3 is 0 Å². The minimum Gasteiger partial charge on any atom is -0.314 e. The van der Waals surface area contributed by atoms with E-state index in [9.17, 15) is 8.42 Å². The number of halogens is 2. The Balaban J connectivity index is 0.00000225. The lowest BCUT2D eigenvalue weighted by Crippen LogP contribution is -2.50. The topological polar surface area (TPSA) is 52.7 Å². The van der Waals surface area contributed by atoms with E-state index in [1.807, 2.05) is 18.2 Å². The zero-order chi connectivity index (χ0) is 17.2. The summed E-state index contributed by atoms with van der Waals surface area (Å²) in [5.74, 6) is 0.386. The molecule has 25 heavy (non-hydrogen) atoms. The number of hydrogen-bond donors (Lipinski definition) is 1. The monoisotopic (exact) mass is 407 g/mol. The van der Waals surface area contributed by atoms with E-state index >= 15 is 0 Å². The van der Waals surface area contributed by atoms with Crippen LogP contribution in [0.4, 0.5) is 0 Å². The van der Waals surface area contributed by atoms with E-state index in [4.69, 9.17) is 11.6 Å². The number of benzene rings is 1. The molecule has 2 aliphatic rings. The number of nitrogens with zero attached hydrogens (tertiary/aromatic N) is 2. The Bertz CT molecular complexity index is 672. The van der Waals surface area contributed by atoms with Crippen LogP contribution in [0, 0.1) is 5.92 Å². The second-order valence-corrected chi connectivity index (χ2v) is 9.26. The van der Waals surface area contributed by atoms with E-state index in [1.165, 1.54) is 6.26 Å². The van der Waals surface area contributed by atoms with Gasteiger partial charge in [-0.1, -0.05) is 29.8 Å². The van der Waals surface area contributed by atoms with Crippen LogP contribution >= 0.6 is 24.0 Å². The SMILES string of the molecule is CS(=O)(=O)N1CCCC(CN2CCNCC2c2ccccc2Cl)C1.Cl. The molecular weight excluding hydrogens is 381 g/mol. The van der Waals surface area contributed by atoms with Gasteiger partial charge in [0, 0.05) is 50.3 Å². The zero-order valence-electron chi connectivity index (χ0n) is 14.5. The Morgan fingerprint density at radius 3 is 2.76 bits per heavy atom. The van der Waals surface area contributed by atoms with Gasteiger partial charge in [-0.3, -0.25) is 4.90 Å². The molecule has 0 aliphatic carbocycles. The maximum absolute atomic E-state index is 11.8. The molecule has 0 aromatic heterocycles. The molecule has 5 nitrogen and oxygen atoms in total. The van der Waals surface area contributed by atoms with Crippen LogP contribution in [0.2, 0.25) is 5.02 Å². The Kier molecular flexibility index (Phi) is 7.55. The smallest absolute Gasteiger partial charge is 0.211 e. The molecule has 2 fully saturated rings. The van der Waals surface area contributed by atoms with Gasteiger partial charge in [-0.05, 0) is 30.4 Å². The fourth-order valence-electron chi connectivity index (χ4n) is 3.83. The van der Waals surface area contributed by atoms with Crippen molar-refractivity contribution in [3.63, 3.8) is 0 Å². The fourth-order valence-corrected chi connectivity index (χ4v) is 5.03. The molecule has 1 aromatic carbocycles. The normalized spacial score (nSPS) is 26.2. The summed E-state index contributed by atoms with van der Waals surface area (Å²) >= 11 is 6.41. The van der Waals surface area contributed by atoms with Crippen molar-refractivity contribution < 1.29 is 8.42 Å². The predicted molar refractivity (Wildman–Crippen MR) is 105 cm³/mol. The van der Waals surface area contributed by atoms with Crippen LogP contribution in [-0.4, -0.2) is 63.1 Å². The highest BCUT2D eigenvalue weighted by atomic mass is 35.5. The third kappa shape index (κ3) is 5.31. The first kappa shape index (κ1) is 20.9. The summed E-state index contributed by atoms with van der Waals surface area (Å²) in [7, 11) is -3.09. The lowest BCUT2D eigenvalue weighted by atomic mass is 9.96. The molecule has 1 N–H and O–H groups in total. The average Bonchev–Trinajstić information content (AvgIpc) is 2.56. The highest BCUT2D eigenvalue weighted by Crippen LogP contribution is 2.30. The van der Waals surface area contributed by atoms with E-state index < -0.39 is 10.0 Å². The second kappa shape index (κ2) is 9.02. The first-order chi connectivity index (χ1) is 11.4. The molecule has 3 rings (SSSR count). The van der Waals surface area contributed by atoms with Crippen LogP contribution in [0.15, 0.2) is 24.3 Å².